The van der Waals surface area contributed by atoms with Gasteiger partial charge in [0, 0.05) is 37.3 Å². The van der Waals surface area contributed by atoms with Gasteiger partial charge in [-0.1, -0.05) is 131 Å². The second kappa shape index (κ2) is 13.9. The van der Waals surface area contributed by atoms with Crippen molar-refractivity contribution in [2.24, 2.45) is 0 Å². The van der Waals surface area contributed by atoms with Crippen LogP contribution in [0.1, 0.15) is 62.9 Å². The summed E-state index contributed by atoms with van der Waals surface area (Å²) in [6, 6.07) is 38.9. The molecule has 0 aliphatic carbocycles. The Labute approximate surface area is 258 Å². The first-order valence-electron chi connectivity index (χ1n) is 15.5. The molecule has 4 aromatic carbocycles. The molecule has 43 heavy (non-hydrogen) atoms. The summed E-state index contributed by atoms with van der Waals surface area (Å²) in [5.74, 6) is 1.92. The van der Waals surface area contributed by atoms with Gasteiger partial charge in [-0.3, -0.25) is 4.90 Å². The quantitative estimate of drug-likeness (QED) is 0.149. The number of rotatable bonds is 12. The minimum atomic E-state index is 0.130. The van der Waals surface area contributed by atoms with Crippen molar-refractivity contribution in [3.05, 3.63) is 132 Å². The zero-order chi connectivity index (χ0) is 30.2. The molecule has 0 fully saturated rings. The van der Waals surface area contributed by atoms with Crippen LogP contribution in [-0.2, 0) is 31.6 Å². The van der Waals surface area contributed by atoms with Gasteiger partial charge >= 0.3 is 0 Å². The highest BCUT2D eigenvalue weighted by Gasteiger charge is 2.22. The molecular weight excluding hydrogens is 526 g/mol. The number of imidazole rings is 1. The Morgan fingerprint density at radius 3 is 1.79 bits per heavy atom. The second-order valence-corrected chi connectivity index (χ2v) is 12.4. The van der Waals surface area contributed by atoms with Gasteiger partial charge in [0.25, 0.3) is 0 Å². The number of ether oxygens (including phenoxy) is 1. The normalized spacial score (nSPS) is 11.7. The molecule has 222 valence electrons. The Morgan fingerprint density at radius 2 is 1.26 bits per heavy atom. The molecule has 4 nitrogen and oxygen atoms in total. The Morgan fingerprint density at radius 1 is 0.698 bits per heavy atom. The number of hydrogen-bond acceptors (Lipinski definition) is 3. The standard InChI is InChI=1S/C39H45N3O/c1-6-7-26-42-36(37(32-14-10-8-11-15-32)40-38(42)33-16-12-9-13-17-33)29-41(28-31-20-24-35(43-5)25-21-31)27-30-18-22-34(23-19-30)39(2,3)4/h8-25H,6-7,26-29H2,1-5H3. The van der Waals surface area contributed by atoms with Crippen LogP contribution in [0.3, 0.4) is 0 Å². The minimum absolute atomic E-state index is 0.130. The number of hydrogen-bond donors (Lipinski definition) is 0. The minimum Gasteiger partial charge on any atom is -0.497 e. The molecule has 0 unspecified atom stereocenters. The van der Waals surface area contributed by atoms with Gasteiger partial charge in [-0.15, -0.1) is 0 Å². The van der Waals surface area contributed by atoms with Gasteiger partial charge in [-0.05, 0) is 40.7 Å². The third kappa shape index (κ3) is 7.63. The molecule has 5 aromatic rings. The molecule has 1 aromatic heterocycles. The van der Waals surface area contributed by atoms with Gasteiger partial charge in [-0.25, -0.2) is 4.98 Å². The number of aromatic nitrogens is 2. The average molecular weight is 572 g/mol. The molecule has 0 radical (unpaired) electrons. The van der Waals surface area contributed by atoms with Crippen LogP contribution in [0, 0.1) is 0 Å². The van der Waals surface area contributed by atoms with E-state index in [0.717, 1.165) is 67.4 Å². The first-order chi connectivity index (χ1) is 20.9. The summed E-state index contributed by atoms with van der Waals surface area (Å²) < 4.78 is 7.92. The maximum absolute atomic E-state index is 5.44. The molecule has 5 rings (SSSR count). The van der Waals surface area contributed by atoms with Crippen molar-refractivity contribution in [1.82, 2.24) is 14.5 Å². The van der Waals surface area contributed by atoms with Crippen LogP contribution in [0.4, 0.5) is 0 Å². The summed E-state index contributed by atoms with van der Waals surface area (Å²) >= 11 is 0. The third-order valence-corrected chi connectivity index (χ3v) is 8.05. The lowest BCUT2D eigenvalue weighted by Gasteiger charge is -2.25. The van der Waals surface area contributed by atoms with E-state index in [4.69, 9.17) is 9.72 Å². The fraction of sp³-hybridized carbons (Fsp3) is 0.308. The summed E-state index contributed by atoms with van der Waals surface area (Å²) in [4.78, 5) is 7.90. The van der Waals surface area contributed by atoms with Crippen molar-refractivity contribution < 1.29 is 4.74 Å². The molecule has 1 heterocycles. The lowest BCUT2D eigenvalue weighted by atomic mass is 9.87. The van der Waals surface area contributed by atoms with Gasteiger partial charge in [0.1, 0.15) is 11.6 Å². The van der Waals surface area contributed by atoms with E-state index >= 15 is 0 Å². The van der Waals surface area contributed by atoms with Crippen molar-refractivity contribution >= 4 is 0 Å². The number of benzene rings is 4. The average Bonchev–Trinajstić information content (AvgIpc) is 3.38. The van der Waals surface area contributed by atoms with Gasteiger partial charge in [0.15, 0.2) is 0 Å². The van der Waals surface area contributed by atoms with E-state index in [1.54, 1.807) is 7.11 Å². The van der Waals surface area contributed by atoms with Gasteiger partial charge < -0.3 is 9.30 Å². The van der Waals surface area contributed by atoms with Crippen molar-refractivity contribution in [1.29, 1.82) is 0 Å². The number of nitrogens with zero attached hydrogens (tertiary/aromatic N) is 3. The van der Waals surface area contributed by atoms with E-state index in [2.05, 4.69) is 146 Å². The molecule has 0 saturated carbocycles. The van der Waals surface area contributed by atoms with E-state index in [1.807, 2.05) is 0 Å². The predicted molar refractivity (Wildman–Crippen MR) is 179 cm³/mol. The smallest absolute Gasteiger partial charge is 0.140 e. The van der Waals surface area contributed by atoms with Crippen molar-refractivity contribution in [3.63, 3.8) is 0 Å². The fourth-order valence-electron chi connectivity index (χ4n) is 5.58. The highest BCUT2D eigenvalue weighted by Crippen LogP contribution is 2.32. The molecular formula is C39H45N3O. The lowest BCUT2D eigenvalue weighted by Crippen LogP contribution is -2.25. The Bertz CT molecular complexity index is 1560. The molecule has 0 atom stereocenters. The van der Waals surface area contributed by atoms with E-state index < -0.39 is 0 Å². The van der Waals surface area contributed by atoms with E-state index in [0.29, 0.717) is 0 Å². The van der Waals surface area contributed by atoms with Crippen molar-refractivity contribution in [3.8, 4) is 28.4 Å². The van der Waals surface area contributed by atoms with E-state index in [1.165, 1.54) is 22.4 Å². The largest absolute Gasteiger partial charge is 0.497 e. The first kappa shape index (κ1) is 30.3. The molecule has 0 amide bonds. The molecule has 0 N–H and O–H groups in total. The van der Waals surface area contributed by atoms with Gasteiger partial charge in [0.05, 0.1) is 18.5 Å². The number of methoxy groups -OCH3 is 1. The Balaban J connectivity index is 1.58. The van der Waals surface area contributed by atoms with Crippen molar-refractivity contribution in [2.45, 2.75) is 72.1 Å². The highest BCUT2D eigenvalue weighted by atomic mass is 16.5. The van der Waals surface area contributed by atoms with Crippen LogP contribution in [-0.4, -0.2) is 21.6 Å². The Hall–Kier alpha value is -4.15. The molecule has 0 bridgehead atoms. The van der Waals surface area contributed by atoms with Crippen LogP contribution >= 0.6 is 0 Å². The van der Waals surface area contributed by atoms with Crippen LogP contribution in [0.25, 0.3) is 22.6 Å². The summed E-state index contributed by atoms with van der Waals surface area (Å²) in [5.41, 5.74) is 8.70. The van der Waals surface area contributed by atoms with Crippen LogP contribution in [0.2, 0.25) is 0 Å². The fourth-order valence-corrected chi connectivity index (χ4v) is 5.58. The SMILES string of the molecule is CCCCn1c(-c2ccccc2)nc(-c2ccccc2)c1CN(Cc1ccc(OC)cc1)Cc1ccc(C(C)(C)C)cc1. The summed E-state index contributed by atoms with van der Waals surface area (Å²) in [5, 5.41) is 0. The first-order valence-corrected chi connectivity index (χ1v) is 15.5. The van der Waals surface area contributed by atoms with E-state index in [-0.39, 0.29) is 5.41 Å². The molecule has 0 aliphatic rings. The maximum atomic E-state index is 5.44. The van der Waals surface area contributed by atoms with Crippen molar-refractivity contribution in [2.75, 3.05) is 7.11 Å². The highest BCUT2D eigenvalue weighted by molar-refractivity contribution is 5.68. The third-order valence-electron chi connectivity index (χ3n) is 8.05. The van der Waals surface area contributed by atoms with Crippen LogP contribution in [0.5, 0.6) is 5.75 Å². The zero-order valence-electron chi connectivity index (χ0n) is 26.4. The summed E-state index contributed by atoms with van der Waals surface area (Å²) in [6.45, 7) is 12.4. The van der Waals surface area contributed by atoms with E-state index in [9.17, 15) is 0 Å². The predicted octanol–water partition coefficient (Wildman–Crippen LogP) is 9.53. The molecule has 0 aliphatic heterocycles. The molecule has 4 heteroatoms. The van der Waals surface area contributed by atoms with Gasteiger partial charge in [-0.2, -0.15) is 0 Å². The topological polar surface area (TPSA) is 30.3 Å². The Kier molecular flexibility index (Phi) is 9.79. The lowest BCUT2D eigenvalue weighted by molar-refractivity contribution is 0.241. The molecule has 0 spiro atoms. The second-order valence-electron chi connectivity index (χ2n) is 12.4. The summed E-state index contributed by atoms with van der Waals surface area (Å²) in [6.07, 6.45) is 2.23. The van der Waals surface area contributed by atoms with Gasteiger partial charge in [0.2, 0.25) is 0 Å². The monoisotopic (exact) mass is 571 g/mol. The molecule has 0 saturated heterocycles. The number of unbranched alkanes of at least 4 members (excludes halogenated alkanes) is 1. The summed E-state index contributed by atoms with van der Waals surface area (Å²) in [7, 11) is 1.72. The zero-order valence-corrected chi connectivity index (χ0v) is 26.4. The maximum Gasteiger partial charge on any atom is 0.140 e. The van der Waals surface area contributed by atoms with Crippen LogP contribution in [0.15, 0.2) is 109 Å². The van der Waals surface area contributed by atoms with Crippen LogP contribution < -0.4 is 4.74 Å².